The smallest absolute Gasteiger partial charge is 0.329 e. The van der Waals surface area contributed by atoms with Crippen LogP contribution in [0.3, 0.4) is 0 Å². The highest BCUT2D eigenvalue weighted by Gasteiger charge is 2.27. The molecule has 0 fully saturated rings. The average Bonchev–Trinajstić information content (AvgIpc) is 2.75. The molecule has 0 aromatic heterocycles. The van der Waals surface area contributed by atoms with Gasteiger partial charge in [0.1, 0.15) is 17.5 Å². The Hall–Kier alpha value is -3.55. The van der Waals surface area contributed by atoms with E-state index >= 15 is 0 Å². The number of hydrogen-bond acceptors (Lipinski definition) is 6. The summed E-state index contributed by atoms with van der Waals surface area (Å²) >= 11 is 0. The summed E-state index contributed by atoms with van der Waals surface area (Å²) < 4.78 is 15.5. The molecule has 0 spiro atoms. The van der Waals surface area contributed by atoms with Crippen LogP contribution in [-0.2, 0) is 9.53 Å². The predicted molar refractivity (Wildman–Crippen MR) is 112 cm³/mol. The van der Waals surface area contributed by atoms with Gasteiger partial charge in [-0.2, -0.15) is 0 Å². The summed E-state index contributed by atoms with van der Waals surface area (Å²) in [4.78, 5) is 37.2. The zero-order chi connectivity index (χ0) is 22.1. The molecule has 8 nitrogen and oxygen atoms in total. The molecular formula is C22H26N2O6. The molecule has 0 unspecified atom stereocenters. The summed E-state index contributed by atoms with van der Waals surface area (Å²) in [5, 5.41) is 5.23. The lowest BCUT2D eigenvalue weighted by molar-refractivity contribution is -0.145. The van der Waals surface area contributed by atoms with Gasteiger partial charge in [-0.3, -0.25) is 4.79 Å². The number of carbonyl (C=O) groups is 3. The summed E-state index contributed by atoms with van der Waals surface area (Å²) in [6, 6.07) is 12.1. The monoisotopic (exact) mass is 414 g/mol. The second-order valence-electron chi connectivity index (χ2n) is 6.78. The summed E-state index contributed by atoms with van der Waals surface area (Å²) in [5.41, 5.74) is 0.856. The molecule has 2 aromatic rings. The van der Waals surface area contributed by atoms with Crippen LogP contribution in [0.1, 0.15) is 24.2 Å². The summed E-state index contributed by atoms with van der Waals surface area (Å²) in [6.45, 7) is 3.05. The minimum Gasteiger partial charge on any atom is -0.497 e. The molecule has 0 aliphatic carbocycles. The van der Waals surface area contributed by atoms with Crippen molar-refractivity contribution in [3.8, 4) is 11.5 Å². The molecule has 2 amide bonds. The van der Waals surface area contributed by atoms with Crippen LogP contribution in [0.15, 0.2) is 48.5 Å². The van der Waals surface area contributed by atoms with Gasteiger partial charge in [-0.25, -0.2) is 9.59 Å². The molecule has 0 saturated heterocycles. The number of hydrogen-bond donors (Lipinski definition) is 2. The molecule has 0 heterocycles. The second-order valence-corrected chi connectivity index (χ2v) is 6.78. The molecule has 8 heteroatoms. The minimum absolute atomic E-state index is 0.246. The van der Waals surface area contributed by atoms with Crippen molar-refractivity contribution in [3.05, 3.63) is 54.1 Å². The van der Waals surface area contributed by atoms with E-state index in [0.717, 1.165) is 0 Å². The van der Waals surface area contributed by atoms with Crippen LogP contribution in [0.4, 0.5) is 10.5 Å². The van der Waals surface area contributed by atoms with Gasteiger partial charge in [0.15, 0.2) is 6.61 Å². The van der Waals surface area contributed by atoms with E-state index in [-0.39, 0.29) is 11.5 Å². The molecule has 0 saturated carbocycles. The highest BCUT2D eigenvalue weighted by Crippen LogP contribution is 2.25. The number of rotatable bonds is 9. The molecular weight excluding hydrogens is 388 g/mol. The quantitative estimate of drug-likeness (QED) is 0.482. The molecule has 1 atom stereocenters. The number of para-hydroxylation sites is 1. The van der Waals surface area contributed by atoms with E-state index in [1.54, 1.807) is 56.3 Å². The number of anilines is 1. The summed E-state index contributed by atoms with van der Waals surface area (Å²) in [6.07, 6.45) is 0. The molecule has 0 radical (unpaired) electrons. The third-order valence-corrected chi connectivity index (χ3v) is 4.29. The first-order chi connectivity index (χ1) is 14.3. The fourth-order valence-electron chi connectivity index (χ4n) is 2.66. The van der Waals surface area contributed by atoms with Crippen LogP contribution in [0.25, 0.3) is 0 Å². The normalized spacial score (nSPS) is 11.4. The Morgan fingerprint density at radius 2 is 1.67 bits per heavy atom. The number of amides is 2. The lowest BCUT2D eigenvalue weighted by Crippen LogP contribution is -2.47. The second kappa shape index (κ2) is 10.8. The Morgan fingerprint density at radius 3 is 2.27 bits per heavy atom. The van der Waals surface area contributed by atoms with Crippen molar-refractivity contribution < 1.29 is 28.6 Å². The third-order valence-electron chi connectivity index (χ3n) is 4.29. The third kappa shape index (κ3) is 6.23. The van der Waals surface area contributed by atoms with E-state index in [1.165, 1.54) is 14.2 Å². The van der Waals surface area contributed by atoms with Crippen molar-refractivity contribution in [2.24, 2.45) is 5.92 Å². The number of nitrogens with one attached hydrogen (secondary N) is 2. The van der Waals surface area contributed by atoms with Gasteiger partial charge in [-0.1, -0.05) is 32.0 Å². The maximum absolute atomic E-state index is 12.5. The Labute approximate surface area is 175 Å². The van der Waals surface area contributed by atoms with Gasteiger partial charge < -0.3 is 24.8 Å². The molecule has 2 N–H and O–H groups in total. The largest absolute Gasteiger partial charge is 0.497 e. The van der Waals surface area contributed by atoms with Crippen LogP contribution in [0.2, 0.25) is 0 Å². The average molecular weight is 414 g/mol. The topological polar surface area (TPSA) is 103 Å². The molecule has 0 bridgehead atoms. The highest BCUT2D eigenvalue weighted by atomic mass is 16.5. The standard InChI is InChI=1S/C22H26N2O6/c1-14(2)20(24-22(27)23-15-8-6-5-7-9-15)21(26)30-13-18(25)17-11-10-16(28-3)12-19(17)29-4/h5-12,14,20H,13H2,1-4H3,(H2,23,24,27)/t20-/m1/s1. The van der Waals surface area contributed by atoms with Gasteiger partial charge in [0.25, 0.3) is 0 Å². The predicted octanol–water partition coefficient (Wildman–Crippen LogP) is 3.28. The van der Waals surface area contributed by atoms with Crippen molar-refractivity contribution in [1.82, 2.24) is 5.32 Å². The van der Waals surface area contributed by atoms with E-state index in [1.807, 2.05) is 6.07 Å². The van der Waals surface area contributed by atoms with Crippen LogP contribution < -0.4 is 20.1 Å². The van der Waals surface area contributed by atoms with Crippen LogP contribution in [0.5, 0.6) is 11.5 Å². The van der Waals surface area contributed by atoms with E-state index in [9.17, 15) is 14.4 Å². The van der Waals surface area contributed by atoms with Crippen LogP contribution in [0, 0.1) is 5.92 Å². The first-order valence-electron chi connectivity index (χ1n) is 9.40. The van der Waals surface area contributed by atoms with Crippen molar-refractivity contribution in [2.75, 3.05) is 26.1 Å². The van der Waals surface area contributed by atoms with Gasteiger partial charge in [-0.05, 0) is 30.2 Å². The van der Waals surface area contributed by atoms with E-state index in [4.69, 9.17) is 14.2 Å². The summed E-state index contributed by atoms with van der Waals surface area (Å²) in [5.74, 6) is -0.525. The lowest BCUT2D eigenvalue weighted by atomic mass is 10.0. The Kier molecular flexibility index (Phi) is 8.22. The number of carbonyl (C=O) groups excluding carboxylic acids is 3. The number of urea groups is 1. The first-order valence-corrected chi connectivity index (χ1v) is 9.40. The Bertz CT molecular complexity index is 882. The van der Waals surface area contributed by atoms with Gasteiger partial charge in [-0.15, -0.1) is 0 Å². The first kappa shape index (κ1) is 22.7. The van der Waals surface area contributed by atoms with Gasteiger partial charge in [0, 0.05) is 11.8 Å². The Balaban J connectivity index is 1.98. The molecule has 2 aromatic carbocycles. The molecule has 30 heavy (non-hydrogen) atoms. The Morgan fingerprint density at radius 1 is 0.967 bits per heavy atom. The zero-order valence-corrected chi connectivity index (χ0v) is 17.4. The van der Waals surface area contributed by atoms with Gasteiger partial charge in [0.05, 0.1) is 19.8 Å². The molecule has 160 valence electrons. The number of ketones is 1. The van der Waals surface area contributed by atoms with Crippen molar-refractivity contribution in [1.29, 1.82) is 0 Å². The van der Waals surface area contributed by atoms with E-state index in [0.29, 0.717) is 17.2 Å². The van der Waals surface area contributed by atoms with E-state index in [2.05, 4.69) is 10.6 Å². The lowest BCUT2D eigenvalue weighted by Gasteiger charge is -2.21. The van der Waals surface area contributed by atoms with Gasteiger partial charge >= 0.3 is 12.0 Å². The number of Topliss-reactive ketones (excluding diaryl/α,β-unsaturated/α-hetero) is 1. The SMILES string of the molecule is COc1ccc(C(=O)COC(=O)[C@H](NC(=O)Nc2ccccc2)C(C)C)c(OC)c1. The van der Waals surface area contributed by atoms with Crippen LogP contribution >= 0.6 is 0 Å². The molecule has 0 aliphatic rings. The highest BCUT2D eigenvalue weighted by molar-refractivity contribution is 6.01. The number of methoxy groups -OCH3 is 2. The number of esters is 1. The molecule has 0 aliphatic heterocycles. The van der Waals surface area contributed by atoms with Crippen molar-refractivity contribution in [3.63, 3.8) is 0 Å². The fraction of sp³-hybridized carbons (Fsp3) is 0.318. The zero-order valence-electron chi connectivity index (χ0n) is 17.4. The number of ether oxygens (including phenoxy) is 3. The minimum atomic E-state index is -0.917. The molecule has 2 rings (SSSR count). The van der Waals surface area contributed by atoms with E-state index < -0.39 is 30.4 Å². The van der Waals surface area contributed by atoms with Crippen molar-refractivity contribution >= 4 is 23.5 Å². The van der Waals surface area contributed by atoms with Crippen molar-refractivity contribution in [2.45, 2.75) is 19.9 Å². The maximum atomic E-state index is 12.5. The number of benzene rings is 2. The van der Waals surface area contributed by atoms with Crippen LogP contribution in [-0.4, -0.2) is 44.7 Å². The maximum Gasteiger partial charge on any atom is 0.329 e. The fourth-order valence-corrected chi connectivity index (χ4v) is 2.66. The van der Waals surface area contributed by atoms with Gasteiger partial charge in [0.2, 0.25) is 5.78 Å². The summed E-state index contributed by atoms with van der Waals surface area (Å²) in [7, 11) is 2.94.